The number of allylic oxidation sites excluding steroid dienone is 1. The number of halogens is 1. The SMILES string of the molecule is CC(C)CC(=C[SiH2]Cl)CC(C)C. The smallest absolute Gasteiger partial charge is 0.148 e. The normalized spacial score (nSPS) is 11.9. The highest BCUT2D eigenvalue weighted by Gasteiger charge is 2.03. The summed E-state index contributed by atoms with van der Waals surface area (Å²) in [6.07, 6.45) is 2.47. The molecule has 0 radical (unpaired) electrons. The summed E-state index contributed by atoms with van der Waals surface area (Å²) in [4.78, 5) is 0. The van der Waals surface area contributed by atoms with Crippen LogP contribution < -0.4 is 0 Å². The Bertz CT molecular complexity index is 127. The van der Waals surface area contributed by atoms with Crippen molar-refractivity contribution in [1.82, 2.24) is 0 Å². The lowest BCUT2D eigenvalue weighted by molar-refractivity contribution is 0.572. The van der Waals surface area contributed by atoms with E-state index in [0.717, 1.165) is 11.8 Å². The Hall–Kier alpha value is 0.247. The molecule has 0 aromatic rings. The predicted octanol–water partition coefficient (Wildman–Crippen LogP) is 3.29. The first-order chi connectivity index (χ1) is 5.56. The summed E-state index contributed by atoms with van der Waals surface area (Å²) in [6, 6.07) is 0. The molecule has 0 aromatic carbocycles. The van der Waals surface area contributed by atoms with Crippen LogP contribution in [0.1, 0.15) is 40.5 Å². The Morgan fingerprint density at radius 1 is 1.17 bits per heavy atom. The zero-order valence-corrected chi connectivity index (χ0v) is 10.9. The fourth-order valence-corrected chi connectivity index (χ4v) is 2.61. The summed E-state index contributed by atoms with van der Waals surface area (Å²) < 4.78 is 0. The van der Waals surface area contributed by atoms with Crippen LogP contribution in [-0.4, -0.2) is 8.83 Å². The molecule has 0 spiro atoms. The number of hydrogen-bond acceptors (Lipinski definition) is 0. The molecule has 0 atom stereocenters. The molecule has 12 heavy (non-hydrogen) atoms. The van der Waals surface area contributed by atoms with Crippen LogP contribution in [-0.2, 0) is 0 Å². The van der Waals surface area contributed by atoms with Crippen molar-refractivity contribution >= 4 is 19.9 Å². The molecule has 0 rings (SSSR count). The first kappa shape index (κ1) is 12.2. The maximum Gasteiger partial charge on any atom is 0.148 e. The van der Waals surface area contributed by atoms with Gasteiger partial charge in [0.05, 0.1) is 0 Å². The van der Waals surface area contributed by atoms with E-state index in [1.165, 1.54) is 12.8 Å². The molecule has 0 nitrogen and oxygen atoms in total. The first-order valence-corrected chi connectivity index (χ1v) is 7.75. The van der Waals surface area contributed by atoms with Gasteiger partial charge in [-0.15, -0.1) is 0 Å². The van der Waals surface area contributed by atoms with Crippen molar-refractivity contribution < 1.29 is 0 Å². The summed E-state index contributed by atoms with van der Waals surface area (Å²) in [7, 11) is -0.409. The van der Waals surface area contributed by atoms with Gasteiger partial charge < -0.3 is 0 Å². The zero-order valence-electron chi connectivity index (χ0n) is 8.73. The first-order valence-electron chi connectivity index (χ1n) is 4.80. The Balaban J connectivity index is 3.96. The van der Waals surface area contributed by atoms with Crippen LogP contribution in [0.2, 0.25) is 0 Å². The quantitative estimate of drug-likeness (QED) is 0.477. The second-order valence-corrected chi connectivity index (χ2v) is 5.86. The van der Waals surface area contributed by atoms with Gasteiger partial charge in [0.1, 0.15) is 8.83 Å². The second kappa shape index (κ2) is 6.73. The van der Waals surface area contributed by atoms with Crippen LogP contribution in [0.15, 0.2) is 11.3 Å². The van der Waals surface area contributed by atoms with Gasteiger partial charge in [0.15, 0.2) is 0 Å². The highest BCUT2D eigenvalue weighted by molar-refractivity contribution is 6.96. The van der Waals surface area contributed by atoms with Crippen LogP contribution >= 0.6 is 11.1 Å². The molecule has 0 aliphatic carbocycles. The summed E-state index contributed by atoms with van der Waals surface area (Å²) in [6.45, 7) is 9.07. The van der Waals surface area contributed by atoms with E-state index in [0.29, 0.717) is 0 Å². The summed E-state index contributed by atoms with van der Waals surface area (Å²) >= 11 is 5.83. The van der Waals surface area contributed by atoms with E-state index < -0.39 is 8.83 Å². The van der Waals surface area contributed by atoms with Gasteiger partial charge in [0.2, 0.25) is 0 Å². The highest BCUT2D eigenvalue weighted by atomic mass is 35.6. The average molecular weight is 205 g/mol. The third-order valence-electron chi connectivity index (χ3n) is 1.71. The van der Waals surface area contributed by atoms with Gasteiger partial charge in [-0.2, -0.15) is 11.1 Å². The lowest BCUT2D eigenvalue weighted by Crippen LogP contribution is -1.97. The monoisotopic (exact) mass is 204 g/mol. The minimum atomic E-state index is -0.409. The molecule has 0 N–H and O–H groups in total. The Morgan fingerprint density at radius 2 is 1.58 bits per heavy atom. The van der Waals surface area contributed by atoms with Crippen LogP contribution in [0.5, 0.6) is 0 Å². The highest BCUT2D eigenvalue weighted by Crippen LogP contribution is 2.18. The third kappa shape index (κ3) is 6.93. The van der Waals surface area contributed by atoms with Gasteiger partial charge in [-0.1, -0.05) is 39.0 Å². The van der Waals surface area contributed by atoms with Crippen molar-refractivity contribution in [3.8, 4) is 0 Å². The van der Waals surface area contributed by atoms with Crippen molar-refractivity contribution in [3.05, 3.63) is 11.3 Å². The predicted molar refractivity (Wildman–Crippen MR) is 61.4 cm³/mol. The van der Waals surface area contributed by atoms with E-state index in [1.807, 2.05) is 0 Å². The molecule has 0 saturated heterocycles. The van der Waals surface area contributed by atoms with Gasteiger partial charge in [-0.3, -0.25) is 0 Å². The largest absolute Gasteiger partial charge is 0.171 e. The van der Waals surface area contributed by atoms with Gasteiger partial charge in [-0.25, -0.2) is 0 Å². The summed E-state index contributed by atoms with van der Waals surface area (Å²) in [5.74, 6) is 1.54. The zero-order chi connectivity index (χ0) is 9.56. The fourth-order valence-electron chi connectivity index (χ4n) is 1.41. The molecule has 0 saturated carbocycles. The lowest BCUT2D eigenvalue weighted by Gasteiger charge is -2.12. The molecule has 2 heteroatoms. The van der Waals surface area contributed by atoms with Crippen molar-refractivity contribution in [2.24, 2.45) is 11.8 Å². The Morgan fingerprint density at radius 3 is 1.83 bits per heavy atom. The van der Waals surface area contributed by atoms with Crippen LogP contribution in [0.3, 0.4) is 0 Å². The van der Waals surface area contributed by atoms with Gasteiger partial charge in [0, 0.05) is 0 Å². The molecular weight excluding hydrogens is 184 g/mol. The van der Waals surface area contributed by atoms with Crippen LogP contribution in [0.25, 0.3) is 0 Å². The average Bonchev–Trinajstić information content (AvgIpc) is 1.84. The molecule has 0 amide bonds. The molecule has 0 heterocycles. The number of rotatable bonds is 5. The molecule has 0 aliphatic rings. The summed E-state index contributed by atoms with van der Waals surface area (Å²) in [5.41, 5.74) is 3.89. The van der Waals surface area contributed by atoms with E-state index in [1.54, 1.807) is 5.57 Å². The van der Waals surface area contributed by atoms with Gasteiger partial charge in [0.25, 0.3) is 0 Å². The number of hydrogen-bond donors (Lipinski definition) is 0. The van der Waals surface area contributed by atoms with E-state index >= 15 is 0 Å². The molecule has 0 bridgehead atoms. The van der Waals surface area contributed by atoms with Crippen LogP contribution in [0.4, 0.5) is 0 Å². The van der Waals surface area contributed by atoms with E-state index in [-0.39, 0.29) is 0 Å². The maximum atomic E-state index is 5.83. The van der Waals surface area contributed by atoms with E-state index in [4.69, 9.17) is 11.1 Å². The second-order valence-electron chi connectivity index (χ2n) is 4.21. The minimum Gasteiger partial charge on any atom is -0.171 e. The van der Waals surface area contributed by atoms with Crippen molar-refractivity contribution in [3.63, 3.8) is 0 Å². The van der Waals surface area contributed by atoms with Crippen molar-refractivity contribution in [2.45, 2.75) is 40.5 Å². The van der Waals surface area contributed by atoms with E-state index in [9.17, 15) is 0 Å². The van der Waals surface area contributed by atoms with Gasteiger partial charge >= 0.3 is 0 Å². The Labute approximate surface area is 83.9 Å². The van der Waals surface area contributed by atoms with E-state index in [2.05, 4.69) is 33.4 Å². The molecule has 0 aliphatic heterocycles. The minimum absolute atomic E-state index is 0.409. The van der Waals surface area contributed by atoms with Gasteiger partial charge in [-0.05, 0) is 24.7 Å². The Kier molecular flexibility index (Phi) is 6.87. The molecule has 0 unspecified atom stereocenters. The molecule has 0 fully saturated rings. The van der Waals surface area contributed by atoms with Crippen molar-refractivity contribution in [2.75, 3.05) is 0 Å². The summed E-state index contributed by atoms with van der Waals surface area (Å²) in [5, 5.41) is 0. The molecule has 72 valence electrons. The lowest BCUT2D eigenvalue weighted by atomic mass is 9.96. The van der Waals surface area contributed by atoms with Crippen LogP contribution in [0, 0.1) is 11.8 Å². The van der Waals surface area contributed by atoms with Crippen molar-refractivity contribution in [1.29, 1.82) is 0 Å². The fraction of sp³-hybridized carbons (Fsp3) is 0.800. The molecule has 0 aromatic heterocycles. The molecular formula is C10H21ClSi. The topological polar surface area (TPSA) is 0 Å². The standard InChI is InChI=1S/C10H21ClSi/c1-8(2)5-10(7-12-11)6-9(3)4/h7-9H,5-6,12H2,1-4H3. The maximum absolute atomic E-state index is 5.83. The third-order valence-corrected chi connectivity index (χ3v) is 2.90.